The molecule has 1 saturated heterocycles. The molecule has 2 heterocycles. The molecule has 1 aliphatic rings. The highest BCUT2D eigenvalue weighted by atomic mass is 19.1. The van der Waals surface area contributed by atoms with E-state index in [1.807, 2.05) is 25.1 Å². The normalized spacial score (nSPS) is 20.0. The van der Waals surface area contributed by atoms with Crippen molar-refractivity contribution in [1.29, 1.82) is 0 Å². The highest BCUT2D eigenvalue weighted by Gasteiger charge is 2.29. The fourth-order valence-corrected chi connectivity index (χ4v) is 2.72. The van der Waals surface area contributed by atoms with Gasteiger partial charge in [0.05, 0.1) is 11.7 Å². The lowest BCUT2D eigenvalue weighted by molar-refractivity contribution is 0.204. The zero-order valence-corrected chi connectivity index (χ0v) is 11.0. The molecule has 19 heavy (non-hydrogen) atoms. The smallest absolute Gasteiger partial charge is 0.154 e. The molecule has 0 spiro atoms. The lowest BCUT2D eigenvalue weighted by atomic mass is 10.1. The van der Waals surface area contributed by atoms with Crippen LogP contribution in [-0.2, 0) is 6.54 Å². The molecule has 100 valence electrons. The predicted molar refractivity (Wildman–Crippen MR) is 70.0 cm³/mol. The number of halogens is 1. The Morgan fingerprint density at radius 3 is 3.00 bits per heavy atom. The fraction of sp³-hybridized carbons (Fsp3) is 0.400. The van der Waals surface area contributed by atoms with Crippen LogP contribution in [0.2, 0.25) is 0 Å². The third kappa shape index (κ3) is 2.54. The first-order valence-corrected chi connectivity index (χ1v) is 6.65. The maximum Gasteiger partial charge on any atom is 0.154 e. The molecular formula is C15H17FN2O. The van der Waals surface area contributed by atoms with Gasteiger partial charge in [-0.15, -0.1) is 0 Å². The zero-order chi connectivity index (χ0) is 13.2. The van der Waals surface area contributed by atoms with E-state index in [0.29, 0.717) is 6.54 Å². The van der Waals surface area contributed by atoms with E-state index >= 15 is 0 Å². The average Bonchev–Trinajstić information content (AvgIpc) is 3.01. The quantitative estimate of drug-likeness (QED) is 0.846. The van der Waals surface area contributed by atoms with Crippen LogP contribution in [0.15, 0.2) is 34.9 Å². The zero-order valence-electron chi connectivity index (χ0n) is 11.0. The van der Waals surface area contributed by atoms with Crippen LogP contribution in [0.5, 0.6) is 0 Å². The average molecular weight is 260 g/mol. The van der Waals surface area contributed by atoms with E-state index in [9.17, 15) is 4.39 Å². The molecule has 0 amide bonds. The summed E-state index contributed by atoms with van der Waals surface area (Å²) in [6.07, 6.45) is 2.15. The second-order valence-corrected chi connectivity index (χ2v) is 5.09. The van der Waals surface area contributed by atoms with E-state index in [0.717, 1.165) is 36.4 Å². The first kappa shape index (κ1) is 12.4. The summed E-state index contributed by atoms with van der Waals surface area (Å²) < 4.78 is 19.1. The van der Waals surface area contributed by atoms with Crippen LogP contribution in [0, 0.1) is 12.7 Å². The molecule has 1 aromatic carbocycles. The van der Waals surface area contributed by atoms with Crippen molar-refractivity contribution in [2.45, 2.75) is 32.4 Å². The maximum atomic E-state index is 13.7. The Labute approximate surface area is 112 Å². The van der Waals surface area contributed by atoms with Crippen molar-refractivity contribution in [3.05, 3.63) is 53.2 Å². The highest BCUT2D eigenvalue weighted by Crippen LogP contribution is 2.33. The number of hydrogen-bond acceptors (Lipinski definition) is 3. The monoisotopic (exact) mass is 260 g/mol. The first-order valence-electron chi connectivity index (χ1n) is 6.65. The molecule has 1 atom stereocenters. The van der Waals surface area contributed by atoms with E-state index < -0.39 is 0 Å². The number of hydrogen-bond donors (Lipinski definition) is 0. The van der Waals surface area contributed by atoms with Gasteiger partial charge in [0, 0.05) is 18.2 Å². The van der Waals surface area contributed by atoms with Crippen LogP contribution in [0.1, 0.15) is 35.9 Å². The molecule has 2 aromatic rings. The summed E-state index contributed by atoms with van der Waals surface area (Å²) in [5.74, 6) is 0.758. The lowest BCUT2D eigenvalue weighted by Crippen LogP contribution is -2.23. The number of rotatable bonds is 3. The number of aryl methyl sites for hydroxylation is 1. The number of aromatic nitrogens is 1. The molecule has 0 N–H and O–H groups in total. The second-order valence-electron chi connectivity index (χ2n) is 5.09. The number of likely N-dealkylation sites (tertiary alicyclic amines) is 1. The third-order valence-corrected chi connectivity index (χ3v) is 3.67. The first-order chi connectivity index (χ1) is 9.24. The Kier molecular flexibility index (Phi) is 3.34. The Balaban J connectivity index is 1.79. The summed E-state index contributed by atoms with van der Waals surface area (Å²) in [6, 6.07) is 9.16. The summed E-state index contributed by atoms with van der Waals surface area (Å²) >= 11 is 0. The molecule has 0 aliphatic carbocycles. The van der Waals surface area contributed by atoms with Crippen molar-refractivity contribution < 1.29 is 8.91 Å². The van der Waals surface area contributed by atoms with E-state index in [4.69, 9.17) is 4.52 Å². The van der Waals surface area contributed by atoms with Gasteiger partial charge in [-0.3, -0.25) is 4.90 Å². The summed E-state index contributed by atoms with van der Waals surface area (Å²) in [7, 11) is 0. The van der Waals surface area contributed by atoms with E-state index in [1.54, 1.807) is 6.07 Å². The molecule has 1 aromatic heterocycles. The fourth-order valence-electron chi connectivity index (χ4n) is 2.72. The number of benzene rings is 1. The van der Waals surface area contributed by atoms with Crippen LogP contribution in [0.4, 0.5) is 4.39 Å². The molecule has 4 heteroatoms. The highest BCUT2D eigenvalue weighted by molar-refractivity contribution is 5.18. The number of nitrogens with zero attached hydrogens (tertiary/aromatic N) is 2. The maximum absolute atomic E-state index is 13.7. The topological polar surface area (TPSA) is 29.3 Å². The Morgan fingerprint density at radius 2 is 2.26 bits per heavy atom. The molecule has 0 saturated carbocycles. The van der Waals surface area contributed by atoms with Crippen LogP contribution in [-0.4, -0.2) is 16.6 Å². The predicted octanol–water partition coefficient (Wildman–Crippen LogP) is 3.46. The Bertz CT molecular complexity index is 567. The minimum absolute atomic E-state index is 0.137. The van der Waals surface area contributed by atoms with Gasteiger partial charge in [0.2, 0.25) is 0 Å². The third-order valence-electron chi connectivity index (χ3n) is 3.67. The van der Waals surface area contributed by atoms with Gasteiger partial charge in [-0.1, -0.05) is 23.4 Å². The van der Waals surface area contributed by atoms with Crippen LogP contribution >= 0.6 is 0 Å². The van der Waals surface area contributed by atoms with Gasteiger partial charge < -0.3 is 4.52 Å². The van der Waals surface area contributed by atoms with Crippen molar-refractivity contribution in [3.8, 4) is 0 Å². The minimum atomic E-state index is -0.137. The molecule has 3 nitrogen and oxygen atoms in total. The molecule has 1 aliphatic heterocycles. The summed E-state index contributed by atoms with van der Waals surface area (Å²) in [4.78, 5) is 2.26. The van der Waals surface area contributed by atoms with Crippen LogP contribution in [0.25, 0.3) is 0 Å². The van der Waals surface area contributed by atoms with Crippen molar-refractivity contribution in [2.75, 3.05) is 6.54 Å². The molecule has 0 bridgehead atoms. The van der Waals surface area contributed by atoms with Crippen LogP contribution < -0.4 is 0 Å². The Hall–Kier alpha value is -1.68. The van der Waals surface area contributed by atoms with Gasteiger partial charge in [-0.25, -0.2) is 4.39 Å². The van der Waals surface area contributed by atoms with Gasteiger partial charge in [0.15, 0.2) is 5.76 Å². The largest absolute Gasteiger partial charge is 0.359 e. The van der Waals surface area contributed by atoms with Crippen molar-refractivity contribution in [1.82, 2.24) is 10.1 Å². The van der Waals surface area contributed by atoms with Gasteiger partial charge in [0.1, 0.15) is 5.82 Å². The SMILES string of the molecule is Cc1cc([C@H]2CCCN2Cc2ccccc2F)on1. The summed E-state index contributed by atoms with van der Waals surface area (Å²) in [6.45, 7) is 3.51. The van der Waals surface area contributed by atoms with Crippen molar-refractivity contribution in [3.63, 3.8) is 0 Å². The van der Waals surface area contributed by atoms with Crippen molar-refractivity contribution >= 4 is 0 Å². The van der Waals surface area contributed by atoms with E-state index in [1.165, 1.54) is 6.07 Å². The van der Waals surface area contributed by atoms with Gasteiger partial charge in [-0.05, 0) is 32.4 Å². The molecular weight excluding hydrogens is 243 g/mol. The second kappa shape index (κ2) is 5.13. The minimum Gasteiger partial charge on any atom is -0.359 e. The van der Waals surface area contributed by atoms with Gasteiger partial charge >= 0.3 is 0 Å². The van der Waals surface area contributed by atoms with Crippen molar-refractivity contribution in [2.24, 2.45) is 0 Å². The molecule has 0 unspecified atom stereocenters. The van der Waals surface area contributed by atoms with Gasteiger partial charge in [-0.2, -0.15) is 0 Å². The van der Waals surface area contributed by atoms with E-state index in [-0.39, 0.29) is 11.9 Å². The van der Waals surface area contributed by atoms with Crippen LogP contribution in [0.3, 0.4) is 0 Å². The molecule has 0 radical (unpaired) electrons. The molecule has 3 rings (SSSR count). The summed E-state index contributed by atoms with van der Waals surface area (Å²) in [5, 5.41) is 3.94. The van der Waals surface area contributed by atoms with Gasteiger partial charge in [0.25, 0.3) is 0 Å². The van der Waals surface area contributed by atoms with E-state index in [2.05, 4.69) is 10.1 Å². The Morgan fingerprint density at radius 1 is 1.42 bits per heavy atom. The standard InChI is InChI=1S/C15H17FN2O/c1-11-9-15(19-17-11)14-7-4-8-18(14)10-12-5-2-3-6-13(12)16/h2-3,5-6,9,14H,4,7-8,10H2,1H3/t14-/m1/s1. The lowest BCUT2D eigenvalue weighted by Gasteiger charge is -2.22. The summed E-state index contributed by atoms with van der Waals surface area (Å²) in [5.41, 5.74) is 1.64. The molecule has 1 fully saturated rings.